The minimum absolute atomic E-state index is 0.202. The zero-order chi connectivity index (χ0) is 17.4. The minimum atomic E-state index is 0.202. The molecule has 0 atom stereocenters. The first-order valence-corrected chi connectivity index (χ1v) is 9.36. The zero-order valence-corrected chi connectivity index (χ0v) is 15.1. The van der Waals surface area contributed by atoms with Crippen LogP contribution in [0.2, 0.25) is 0 Å². The maximum atomic E-state index is 4.93. The molecule has 0 bridgehead atoms. The standard InChI is InChI=1S/C20H29N5/c1-2-22-19(23-13-15-25-14-12-21-17-25)24-16-20(10-6-7-11-20)18-8-4-3-5-9-18/h3-5,8-9,12,14,17H,2,6-7,10-11,13,15-16H2,1H3,(H2,22,23,24). The van der Waals surface area contributed by atoms with Crippen molar-refractivity contribution in [2.24, 2.45) is 4.99 Å². The molecule has 1 saturated carbocycles. The van der Waals surface area contributed by atoms with Gasteiger partial charge < -0.3 is 15.2 Å². The summed E-state index contributed by atoms with van der Waals surface area (Å²) in [6, 6.07) is 10.9. The summed E-state index contributed by atoms with van der Waals surface area (Å²) in [7, 11) is 0. The monoisotopic (exact) mass is 339 g/mol. The Kier molecular flexibility index (Phi) is 6.09. The van der Waals surface area contributed by atoms with Gasteiger partial charge in [-0.3, -0.25) is 4.99 Å². The summed E-state index contributed by atoms with van der Waals surface area (Å²) in [4.78, 5) is 9.01. The summed E-state index contributed by atoms with van der Waals surface area (Å²) in [6.45, 7) is 5.54. The Labute approximate surface area is 150 Å². The van der Waals surface area contributed by atoms with Crippen molar-refractivity contribution in [3.05, 3.63) is 54.6 Å². The number of hydrogen-bond acceptors (Lipinski definition) is 2. The molecule has 0 spiro atoms. The molecule has 0 amide bonds. The van der Waals surface area contributed by atoms with E-state index in [0.29, 0.717) is 0 Å². The highest BCUT2D eigenvalue weighted by Gasteiger charge is 2.35. The Bertz CT molecular complexity index is 642. The molecule has 5 nitrogen and oxygen atoms in total. The summed E-state index contributed by atoms with van der Waals surface area (Å²) in [5.74, 6) is 0.907. The molecular formula is C20H29N5. The predicted octanol–water partition coefficient (Wildman–Crippen LogP) is 2.95. The number of aliphatic imine (C=N–C) groups is 1. The number of nitrogens with one attached hydrogen (secondary N) is 2. The average Bonchev–Trinajstić information content (AvgIpc) is 3.33. The van der Waals surface area contributed by atoms with Crippen LogP contribution in [-0.4, -0.2) is 35.1 Å². The molecule has 5 heteroatoms. The summed E-state index contributed by atoms with van der Waals surface area (Å²) in [6.07, 6.45) is 10.7. The Hall–Kier alpha value is -2.30. The van der Waals surface area contributed by atoms with Gasteiger partial charge in [-0.2, -0.15) is 0 Å². The Balaban J connectivity index is 1.64. The maximum Gasteiger partial charge on any atom is 0.191 e. The molecule has 1 fully saturated rings. The number of rotatable bonds is 7. The summed E-state index contributed by atoms with van der Waals surface area (Å²) >= 11 is 0. The van der Waals surface area contributed by atoms with E-state index in [1.807, 2.05) is 18.7 Å². The van der Waals surface area contributed by atoms with Gasteiger partial charge in [0.05, 0.1) is 12.9 Å². The molecule has 1 heterocycles. The van der Waals surface area contributed by atoms with Gasteiger partial charge in [-0.1, -0.05) is 43.2 Å². The molecular weight excluding hydrogens is 310 g/mol. The third-order valence-corrected chi connectivity index (χ3v) is 5.05. The van der Waals surface area contributed by atoms with Crippen LogP contribution >= 0.6 is 0 Å². The third-order valence-electron chi connectivity index (χ3n) is 5.05. The number of nitrogens with zero attached hydrogens (tertiary/aromatic N) is 3. The Morgan fingerprint density at radius 3 is 2.68 bits per heavy atom. The van der Waals surface area contributed by atoms with Crippen molar-refractivity contribution in [2.75, 3.05) is 19.6 Å². The lowest BCUT2D eigenvalue weighted by atomic mass is 9.79. The highest BCUT2D eigenvalue weighted by Crippen LogP contribution is 2.41. The van der Waals surface area contributed by atoms with Crippen LogP contribution in [0.1, 0.15) is 38.2 Å². The highest BCUT2D eigenvalue weighted by atomic mass is 15.2. The smallest absolute Gasteiger partial charge is 0.191 e. The second kappa shape index (κ2) is 8.70. The van der Waals surface area contributed by atoms with E-state index in [4.69, 9.17) is 4.99 Å². The molecule has 1 aromatic heterocycles. The minimum Gasteiger partial charge on any atom is -0.357 e. The largest absolute Gasteiger partial charge is 0.357 e. The lowest BCUT2D eigenvalue weighted by Crippen LogP contribution is -2.40. The van der Waals surface area contributed by atoms with Crippen molar-refractivity contribution in [3.63, 3.8) is 0 Å². The van der Waals surface area contributed by atoms with E-state index >= 15 is 0 Å². The quantitative estimate of drug-likeness (QED) is 0.602. The lowest BCUT2D eigenvalue weighted by Gasteiger charge is -2.28. The lowest BCUT2D eigenvalue weighted by molar-refractivity contribution is 0.452. The first-order chi connectivity index (χ1) is 12.3. The molecule has 1 aliphatic rings. The van der Waals surface area contributed by atoms with E-state index in [-0.39, 0.29) is 5.41 Å². The zero-order valence-electron chi connectivity index (χ0n) is 15.1. The third kappa shape index (κ3) is 4.62. The van der Waals surface area contributed by atoms with Gasteiger partial charge >= 0.3 is 0 Å². The molecule has 2 aromatic rings. The Morgan fingerprint density at radius 1 is 1.20 bits per heavy atom. The number of hydrogen-bond donors (Lipinski definition) is 2. The summed E-state index contributed by atoms with van der Waals surface area (Å²) in [5, 5.41) is 6.81. The fraction of sp³-hybridized carbons (Fsp3) is 0.500. The van der Waals surface area contributed by atoms with Crippen molar-refractivity contribution in [2.45, 2.75) is 44.6 Å². The van der Waals surface area contributed by atoms with Crippen LogP contribution in [0.3, 0.4) is 0 Å². The molecule has 0 saturated heterocycles. The van der Waals surface area contributed by atoms with E-state index in [2.05, 4.69) is 57.4 Å². The number of imidazole rings is 1. The first kappa shape index (κ1) is 17.5. The van der Waals surface area contributed by atoms with E-state index in [0.717, 1.165) is 32.1 Å². The topological polar surface area (TPSA) is 54.2 Å². The van der Waals surface area contributed by atoms with Crippen LogP contribution in [0, 0.1) is 0 Å². The molecule has 2 N–H and O–H groups in total. The van der Waals surface area contributed by atoms with E-state index in [1.54, 1.807) is 0 Å². The molecule has 0 aliphatic heterocycles. The maximum absolute atomic E-state index is 4.93. The van der Waals surface area contributed by atoms with Crippen molar-refractivity contribution in [1.82, 2.24) is 20.2 Å². The average molecular weight is 339 g/mol. The van der Waals surface area contributed by atoms with Crippen LogP contribution < -0.4 is 10.6 Å². The number of benzene rings is 1. The van der Waals surface area contributed by atoms with Gasteiger partial charge in [0.15, 0.2) is 5.96 Å². The van der Waals surface area contributed by atoms with Crippen molar-refractivity contribution in [3.8, 4) is 0 Å². The van der Waals surface area contributed by atoms with Gasteiger partial charge in [0.25, 0.3) is 0 Å². The summed E-state index contributed by atoms with van der Waals surface area (Å²) in [5.41, 5.74) is 1.64. The van der Waals surface area contributed by atoms with Gasteiger partial charge in [-0.25, -0.2) is 4.98 Å². The fourth-order valence-corrected chi connectivity index (χ4v) is 3.68. The molecule has 134 valence electrons. The van der Waals surface area contributed by atoms with Gasteiger partial charge in [0, 0.05) is 37.4 Å². The number of guanidine groups is 1. The fourth-order valence-electron chi connectivity index (χ4n) is 3.68. The van der Waals surface area contributed by atoms with Gasteiger partial charge in [0.2, 0.25) is 0 Å². The normalized spacial score (nSPS) is 16.8. The predicted molar refractivity (Wildman–Crippen MR) is 103 cm³/mol. The molecule has 25 heavy (non-hydrogen) atoms. The van der Waals surface area contributed by atoms with Crippen LogP contribution in [0.5, 0.6) is 0 Å². The molecule has 3 rings (SSSR count). The number of aromatic nitrogens is 2. The molecule has 1 aliphatic carbocycles. The molecule has 0 radical (unpaired) electrons. The van der Waals surface area contributed by atoms with Crippen molar-refractivity contribution >= 4 is 5.96 Å². The van der Waals surface area contributed by atoms with Gasteiger partial charge in [0.1, 0.15) is 0 Å². The van der Waals surface area contributed by atoms with E-state index in [1.165, 1.54) is 31.2 Å². The van der Waals surface area contributed by atoms with Crippen LogP contribution in [-0.2, 0) is 12.0 Å². The molecule has 0 unspecified atom stereocenters. The van der Waals surface area contributed by atoms with E-state index in [9.17, 15) is 0 Å². The molecule has 1 aromatic carbocycles. The Morgan fingerprint density at radius 2 is 2.00 bits per heavy atom. The van der Waals surface area contributed by atoms with E-state index < -0.39 is 0 Å². The summed E-state index contributed by atoms with van der Waals surface area (Å²) < 4.78 is 2.07. The van der Waals surface area contributed by atoms with Crippen LogP contribution in [0.15, 0.2) is 54.0 Å². The van der Waals surface area contributed by atoms with Gasteiger partial charge in [-0.05, 0) is 25.3 Å². The van der Waals surface area contributed by atoms with Gasteiger partial charge in [-0.15, -0.1) is 0 Å². The van der Waals surface area contributed by atoms with Crippen LogP contribution in [0.4, 0.5) is 0 Å². The van der Waals surface area contributed by atoms with Crippen molar-refractivity contribution in [1.29, 1.82) is 0 Å². The first-order valence-electron chi connectivity index (χ1n) is 9.36. The highest BCUT2D eigenvalue weighted by molar-refractivity contribution is 5.79. The van der Waals surface area contributed by atoms with Crippen LogP contribution in [0.25, 0.3) is 0 Å². The van der Waals surface area contributed by atoms with Crippen molar-refractivity contribution < 1.29 is 0 Å². The second-order valence-corrected chi connectivity index (χ2v) is 6.78. The second-order valence-electron chi connectivity index (χ2n) is 6.78. The SMILES string of the molecule is CCNC(=NCC1(c2ccccc2)CCCC1)NCCn1ccnc1.